The van der Waals surface area contributed by atoms with Crippen LogP contribution in [0.5, 0.6) is 0 Å². The molecule has 3 aromatic rings. The molecule has 3 rings (SSSR count). The van der Waals surface area contributed by atoms with Crippen LogP contribution in [0.25, 0.3) is 0 Å². The molecule has 0 aliphatic heterocycles. The van der Waals surface area contributed by atoms with Crippen LogP contribution in [-0.2, 0) is 6.42 Å². The maximum absolute atomic E-state index is 11.8. The van der Waals surface area contributed by atoms with Gasteiger partial charge in [-0.05, 0) is 61.2 Å². The topological polar surface area (TPSA) is 58.2 Å². The van der Waals surface area contributed by atoms with Crippen LogP contribution in [0.1, 0.15) is 16.7 Å². The van der Waals surface area contributed by atoms with Crippen LogP contribution >= 0.6 is 11.6 Å². The van der Waals surface area contributed by atoms with E-state index in [1.807, 2.05) is 0 Å². The summed E-state index contributed by atoms with van der Waals surface area (Å²) in [6.07, 6.45) is 0.778. The molecule has 25 heavy (non-hydrogen) atoms. The summed E-state index contributed by atoms with van der Waals surface area (Å²) in [4.78, 5) is 23.6. The molecule has 0 aliphatic carbocycles. The van der Waals surface area contributed by atoms with Crippen molar-refractivity contribution >= 4 is 28.7 Å². The summed E-state index contributed by atoms with van der Waals surface area (Å²) in [5.41, 5.74) is 4.11. The second kappa shape index (κ2) is 7.11. The molecular formula is C20H19ClN2O2. The normalized spacial score (nSPS) is 10.8. The fourth-order valence-electron chi connectivity index (χ4n) is 2.65. The zero-order valence-electron chi connectivity index (χ0n) is 14.2. The number of anilines is 3. The van der Waals surface area contributed by atoms with E-state index in [-0.39, 0.29) is 0 Å². The maximum Gasteiger partial charge on any atom is 0.253 e. The largest absolute Gasteiger partial charge is 0.380 e. The van der Waals surface area contributed by atoms with Gasteiger partial charge in [-0.1, -0.05) is 29.8 Å². The van der Waals surface area contributed by atoms with Gasteiger partial charge in [-0.15, -0.1) is 0 Å². The van der Waals surface area contributed by atoms with Gasteiger partial charge in [-0.25, -0.2) is 0 Å². The highest BCUT2D eigenvalue weighted by Gasteiger charge is 2.20. The van der Waals surface area contributed by atoms with Crippen molar-refractivity contribution in [2.75, 3.05) is 17.2 Å². The molecule has 0 amide bonds. The molecular weight excluding hydrogens is 336 g/mol. The third kappa shape index (κ3) is 3.74. The lowest BCUT2D eigenvalue weighted by molar-refractivity contribution is 1.01. The summed E-state index contributed by atoms with van der Waals surface area (Å²) in [6.45, 7) is 4.75. The van der Waals surface area contributed by atoms with Gasteiger partial charge in [0.25, 0.3) is 10.9 Å². The number of hydrogen-bond donors (Lipinski definition) is 2. The molecule has 0 aromatic heterocycles. The summed E-state index contributed by atoms with van der Waals surface area (Å²) in [6, 6.07) is 13.3. The van der Waals surface area contributed by atoms with E-state index in [1.54, 1.807) is 24.3 Å². The van der Waals surface area contributed by atoms with Gasteiger partial charge in [0.15, 0.2) is 0 Å². The molecule has 0 saturated heterocycles. The summed E-state index contributed by atoms with van der Waals surface area (Å²) in [7, 11) is 0. The monoisotopic (exact) mass is 354 g/mol. The fourth-order valence-corrected chi connectivity index (χ4v) is 2.77. The summed E-state index contributed by atoms with van der Waals surface area (Å²) >= 11 is 5.85. The molecule has 3 aromatic carbocycles. The SMILES string of the molecule is Cc1ccc(CCNc2c(Nc3ccc(Cl)cc3)c(=O)c2=O)cc1C. The summed E-state index contributed by atoms with van der Waals surface area (Å²) in [5.74, 6) is 0. The number of benzene rings is 2. The zero-order chi connectivity index (χ0) is 18.0. The first kappa shape index (κ1) is 17.2. The van der Waals surface area contributed by atoms with Crippen LogP contribution in [0, 0.1) is 13.8 Å². The average Bonchev–Trinajstić information content (AvgIpc) is 2.61. The third-order valence-corrected chi connectivity index (χ3v) is 4.56. The maximum atomic E-state index is 11.8. The van der Waals surface area contributed by atoms with Crippen LogP contribution in [0.3, 0.4) is 0 Å². The molecule has 2 N–H and O–H groups in total. The Labute approximate surface area is 151 Å². The zero-order valence-corrected chi connectivity index (χ0v) is 14.9. The minimum absolute atomic E-state index is 0.312. The van der Waals surface area contributed by atoms with E-state index in [4.69, 9.17) is 11.6 Å². The minimum Gasteiger partial charge on any atom is -0.380 e. The van der Waals surface area contributed by atoms with Crippen LogP contribution in [0.4, 0.5) is 17.1 Å². The van der Waals surface area contributed by atoms with E-state index in [0.29, 0.717) is 28.6 Å². The molecule has 128 valence electrons. The first-order chi connectivity index (χ1) is 12.0. The standard InChI is InChI=1S/C20H19ClN2O2/c1-12-3-4-14(11-13(12)2)9-10-22-17-18(20(25)19(17)24)23-16-7-5-15(21)6-8-16/h3-8,11,22-23H,9-10H2,1-2H3. The van der Waals surface area contributed by atoms with Crippen molar-refractivity contribution in [1.29, 1.82) is 0 Å². The van der Waals surface area contributed by atoms with Crippen molar-refractivity contribution < 1.29 is 0 Å². The molecule has 0 aliphatic rings. The number of aryl methyl sites for hydroxylation is 2. The van der Waals surface area contributed by atoms with Crippen molar-refractivity contribution in [3.05, 3.63) is 84.6 Å². The van der Waals surface area contributed by atoms with Gasteiger partial charge in [-0.2, -0.15) is 0 Å². The van der Waals surface area contributed by atoms with Crippen LogP contribution in [0.15, 0.2) is 52.1 Å². The number of hydrogen-bond acceptors (Lipinski definition) is 4. The van der Waals surface area contributed by atoms with Gasteiger partial charge in [-0.3, -0.25) is 9.59 Å². The van der Waals surface area contributed by atoms with Gasteiger partial charge in [0.05, 0.1) is 0 Å². The highest BCUT2D eigenvalue weighted by atomic mass is 35.5. The lowest BCUT2D eigenvalue weighted by atomic mass is 10.0. The molecule has 0 fully saturated rings. The number of nitrogens with one attached hydrogen (secondary N) is 2. The van der Waals surface area contributed by atoms with Crippen molar-refractivity contribution in [3.63, 3.8) is 0 Å². The Bertz CT molecular complexity index is 971. The van der Waals surface area contributed by atoms with Crippen LogP contribution < -0.4 is 21.5 Å². The molecule has 5 heteroatoms. The quantitative estimate of drug-likeness (QED) is 0.658. The Morgan fingerprint density at radius 1 is 0.880 bits per heavy atom. The second-order valence-electron chi connectivity index (χ2n) is 6.14. The van der Waals surface area contributed by atoms with Crippen molar-refractivity contribution in [1.82, 2.24) is 0 Å². The highest BCUT2D eigenvalue weighted by Crippen LogP contribution is 2.22. The molecule has 0 heterocycles. The Morgan fingerprint density at radius 3 is 2.24 bits per heavy atom. The number of rotatable bonds is 6. The van der Waals surface area contributed by atoms with Gasteiger partial charge >= 0.3 is 0 Å². The molecule has 0 unspecified atom stereocenters. The summed E-state index contributed by atoms with van der Waals surface area (Å²) in [5, 5.41) is 6.69. The first-order valence-electron chi connectivity index (χ1n) is 8.11. The minimum atomic E-state index is -0.497. The lowest BCUT2D eigenvalue weighted by Crippen LogP contribution is -2.37. The molecule has 0 radical (unpaired) electrons. The van der Waals surface area contributed by atoms with E-state index in [9.17, 15) is 9.59 Å². The van der Waals surface area contributed by atoms with Gasteiger partial charge < -0.3 is 10.6 Å². The van der Waals surface area contributed by atoms with Gasteiger partial charge in [0.1, 0.15) is 11.4 Å². The van der Waals surface area contributed by atoms with E-state index in [2.05, 4.69) is 42.7 Å². The van der Waals surface area contributed by atoms with E-state index in [1.165, 1.54) is 16.7 Å². The molecule has 0 bridgehead atoms. The van der Waals surface area contributed by atoms with Gasteiger partial charge in [0.2, 0.25) is 0 Å². The number of halogens is 1. The Balaban J connectivity index is 1.66. The molecule has 0 spiro atoms. The van der Waals surface area contributed by atoms with E-state index >= 15 is 0 Å². The first-order valence-corrected chi connectivity index (χ1v) is 8.49. The molecule has 4 nitrogen and oxygen atoms in total. The second-order valence-corrected chi connectivity index (χ2v) is 6.57. The third-order valence-electron chi connectivity index (χ3n) is 4.31. The molecule has 0 saturated carbocycles. The predicted octanol–water partition coefficient (Wildman–Crippen LogP) is 3.95. The Morgan fingerprint density at radius 2 is 1.56 bits per heavy atom. The van der Waals surface area contributed by atoms with Crippen LogP contribution in [-0.4, -0.2) is 6.54 Å². The van der Waals surface area contributed by atoms with E-state index < -0.39 is 10.9 Å². The van der Waals surface area contributed by atoms with Crippen molar-refractivity contribution in [2.24, 2.45) is 0 Å². The highest BCUT2D eigenvalue weighted by molar-refractivity contribution is 6.30. The Hall–Kier alpha value is -2.59. The smallest absolute Gasteiger partial charge is 0.253 e. The lowest BCUT2D eigenvalue weighted by Gasteiger charge is -2.15. The Kier molecular flexibility index (Phi) is 4.91. The summed E-state index contributed by atoms with van der Waals surface area (Å²) < 4.78 is 0. The average molecular weight is 355 g/mol. The van der Waals surface area contributed by atoms with Crippen molar-refractivity contribution in [3.8, 4) is 0 Å². The predicted molar refractivity (Wildman–Crippen MR) is 104 cm³/mol. The van der Waals surface area contributed by atoms with E-state index in [0.717, 1.165) is 6.42 Å². The van der Waals surface area contributed by atoms with Gasteiger partial charge in [0, 0.05) is 17.3 Å². The molecule has 0 atom stereocenters. The fraction of sp³-hybridized carbons (Fsp3) is 0.200. The van der Waals surface area contributed by atoms with Crippen molar-refractivity contribution in [2.45, 2.75) is 20.3 Å². The van der Waals surface area contributed by atoms with Crippen LogP contribution in [0.2, 0.25) is 5.02 Å².